The van der Waals surface area contributed by atoms with Crippen molar-refractivity contribution >= 4 is 11.7 Å². The standard InChI is InChI=1S/C14H29N5O2/c1-9(2)13(20)12(5-4-8-18-10(3)16)19-14(21)11(17)6-7-15/h9,11-12,18H,3-8,15-17H2,1-2H3,(H,19,21). The SMILES string of the molecule is C=C(N)NCCCC(NC(=O)C(N)CCN)C(=O)C(C)C. The fourth-order valence-electron chi connectivity index (χ4n) is 1.83. The van der Waals surface area contributed by atoms with Gasteiger partial charge < -0.3 is 27.8 Å². The van der Waals surface area contributed by atoms with E-state index in [9.17, 15) is 9.59 Å². The fraction of sp³-hybridized carbons (Fsp3) is 0.714. The van der Waals surface area contributed by atoms with E-state index in [4.69, 9.17) is 17.2 Å². The van der Waals surface area contributed by atoms with Crippen LogP contribution in [0.15, 0.2) is 12.4 Å². The number of carbonyl (C=O) groups is 2. The van der Waals surface area contributed by atoms with E-state index in [1.165, 1.54) is 0 Å². The largest absolute Gasteiger partial charge is 0.386 e. The molecule has 0 saturated carbocycles. The molecule has 122 valence electrons. The van der Waals surface area contributed by atoms with Crippen LogP contribution in [0.3, 0.4) is 0 Å². The Bertz CT molecular complexity index is 357. The van der Waals surface area contributed by atoms with Crippen molar-refractivity contribution in [3.63, 3.8) is 0 Å². The summed E-state index contributed by atoms with van der Waals surface area (Å²) in [5.74, 6) is -0.111. The maximum Gasteiger partial charge on any atom is 0.237 e. The van der Waals surface area contributed by atoms with Gasteiger partial charge in [-0.15, -0.1) is 0 Å². The number of carbonyl (C=O) groups excluding carboxylic acids is 2. The molecule has 8 N–H and O–H groups in total. The van der Waals surface area contributed by atoms with Gasteiger partial charge in [0.05, 0.1) is 17.9 Å². The molecule has 7 nitrogen and oxygen atoms in total. The first-order valence-corrected chi connectivity index (χ1v) is 7.27. The predicted molar refractivity (Wildman–Crippen MR) is 84.0 cm³/mol. The molecule has 0 radical (unpaired) electrons. The number of rotatable bonds is 11. The molecule has 0 aliphatic heterocycles. The number of amides is 1. The van der Waals surface area contributed by atoms with Gasteiger partial charge in [-0.1, -0.05) is 20.4 Å². The quantitative estimate of drug-likeness (QED) is 0.316. The number of Topliss-reactive ketones (excluding diaryl/α,β-unsaturated/α-hetero) is 1. The van der Waals surface area contributed by atoms with Gasteiger partial charge >= 0.3 is 0 Å². The van der Waals surface area contributed by atoms with Crippen molar-refractivity contribution in [1.29, 1.82) is 0 Å². The fourth-order valence-corrected chi connectivity index (χ4v) is 1.83. The lowest BCUT2D eigenvalue weighted by Crippen LogP contribution is -2.50. The Labute approximate surface area is 126 Å². The maximum absolute atomic E-state index is 12.1. The van der Waals surface area contributed by atoms with Gasteiger partial charge in [0.2, 0.25) is 5.91 Å². The molecular weight excluding hydrogens is 270 g/mol. The summed E-state index contributed by atoms with van der Waals surface area (Å²) in [5.41, 5.74) is 16.5. The van der Waals surface area contributed by atoms with Gasteiger partial charge in [-0.25, -0.2) is 0 Å². The first-order valence-electron chi connectivity index (χ1n) is 7.27. The third kappa shape index (κ3) is 8.31. The average Bonchev–Trinajstić information content (AvgIpc) is 2.40. The number of hydrogen-bond acceptors (Lipinski definition) is 6. The van der Waals surface area contributed by atoms with E-state index < -0.39 is 12.1 Å². The van der Waals surface area contributed by atoms with E-state index in [1.807, 2.05) is 0 Å². The summed E-state index contributed by atoms with van der Waals surface area (Å²) in [6, 6.07) is -1.21. The summed E-state index contributed by atoms with van der Waals surface area (Å²) >= 11 is 0. The van der Waals surface area contributed by atoms with Gasteiger partial charge in [0.15, 0.2) is 5.78 Å². The number of hydrogen-bond donors (Lipinski definition) is 5. The van der Waals surface area contributed by atoms with E-state index >= 15 is 0 Å². The molecule has 0 spiro atoms. The van der Waals surface area contributed by atoms with Crippen LogP contribution >= 0.6 is 0 Å². The minimum Gasteiger partial charge on any atom is -0.386 e. The molecule has 0 aromatic carbocycles. The topological polar surface area (TPSA) is 136 Å². The van der Waals surface area contributed by atoms with Crippen molar-refractivity contribution in [3.05, 3.63) is 12.4 Å². The summed E-state index contributed by atoms with van der Waals surface area (Å²) < 4.78 is 0. The van der Waals surface area contributed by atoms with E-state index in [-0.39, 0.29) is 17.6 Å². The first kappa shape index (κ1) is 19.4. The van der Waals surface area contributed by atoms with Crippen molar-refractivity contribution in [3.8, 4) is 0 Å². The Kier molecular flexibility index (Phi) is 9.40. The zero-order valence-corrected chi connectivity index (χ0v) is 13.0. The Hall–Kier alpha value is -1.60. The van der Waals surface area contributed by atoms with Crippen LogP contribution in [0.2, 0.25) is 0 Å². The second-order valence-corrected chi connectivity index (χ2v) is 5.40. The minimum atomic E-state index is -0.681. The van der Waals surface area contributed by atoms with Crippen molar-refractivity contribution < 1.29 is 9.59 Å². The van der Waals surface area contributed by atoms with Crippen LogP contribution in [0.4, 0.5) is 0 Å². The number of nitrogens with two attached hydrogens (primary N) is 3. The molecule has 0 aromatic heterocycles. The second kappa shape index (κ2) is 10.2. The van der Waals surface area contributed by atoms with Crippen molar-refractivity contribution in [2.75, 3.05) is 13.1 Å². The van der Waals surface area contributed by atoms with Crippen molar-refractivity contribution in [2.24, 2.45) is 23.1 Å². The molecule has 2 atom stereocenters. The lowest BCUT2D eigenvalue weighted by molar-refractivity contribution is -0.130. The monoisotopic (exact) mass is 299 g/mol. The van der Waals surface area contributed by atoms with Crippen LogP contribution in [0.25, 0.3) is 0 Å². The zero-order valence-electron chi connectivity index (χ0n) is 13.0. The number of nitrogens with one attached hydrogen (secondary N) is 2. The zero-order chi connectivity index (χ0) is 16.4. The average molecular weight is 299 g/mol. The molecule has 0 heterocycles. The first-order chi connectivity index (χ1) is 9.79. The predicted octanol–water partition coefficient (Wildman–Crippen LogP) is -0.828. The molecule has 0 saturated heterocycles. The lowest BCUT2D eigenvalue weighted by atomic mass is 9.97. The third-order valence-electron chi connectivity index (χ3n) is 3.07. The van der Waals surface area contributed by atoms with Gasteiger partial charge in [0.25, 0.3) is 0 Å². The third-order valence-corrected chi connectivity index (χ3v) is 3.07. The summed E-state index contributed by atoms with van der Waals surface area (Å²) in [6.07, 6.45) is 1.60. The summed E-state index contributed by atoms with van der Waals surface area (Å²) in [4.78, 5) is 24.1. The van der Waals surface area contributed by atoms with E-state index in [1.54, 1.807) is 13.8 Å². The molecule has 0 aliphatic carbocycles. The van der Waals surface area contributed by atoms with E-state index in [0.29, 0.717) is 38.2 Å². The Morgan fingerprint density at radius 3 is 2.33 bits per heavy atom. The summed E-state index contributed by atoms with van der Waals surface area (Å²) in [6.45, 7) is 8.07. The van der Waals surface area contributed by atoms with Gasteiger partial charge in [-0.3, -0.25) is 9.59 Å². The second-order valence-electron chi connectivity index (χ2n) is 5.40. The molecule has 7 heteroatoms. The molecule has 21 heavy (non-hydrogen) atoms. The van der Waals surface area contributed by atoms with Crippen LogP contribution in [-0.4, -0.2) is 36.9 Å². The highest BCUT2D eigenvalue weighted by molar-refractivity contribution is 5.91. The van der Waals surface area contributed by atoms with Crippen molar-refractivity contribution in [2.45, 2.75) is 45.2 Å². The van der Waals surface area contributed by atoms with Crippen LogP contribution in [-0.2, 0) is 9.59 Å². The highest BCUT2D eigenvalue weighted by atomic mass is 16.2. The van der Waals surface area contributed by atoms with Gasteiger partial charge in [-0.2, -0.15) is 0 Å². The highest BCUT2D eigenvalue weighted by Gasteiger charge is 2.24. The minimum absolute atomic E-state index is 0.00475. The van der Waals surface area contributed by atoms with Crippen LogP contribution in [0, 0.1) is 5.92 Å². The molecule has 1 amide bonds. The molecule has 0 fully saturated rings. The smallest absolute Gasteiger partial charge is 0.237 e. The van der Waals surface area contributed by atoms with Crippen molar-refractivity contribution in [1.82, 2.24) is 10.6 Å². The normalized spacial score (nSPS) is 13.6. The molecule has 0 aliphatic rings. The summed E-state index contributed by atoms with van der Waals surface area (Å²) in [5, 5.41) is 5.60. The molecule has 2 unspecified atom stereocenters. The Morgan fingerprint density at radius 1 is 1.24 bits per heavy atom. The van der Waals surface area contributed by atoms with Gasteiger partial charge in [-0.05, 0) is 25.8 Å². The molecule has 0 bridgehead atoms. The Balaban J connectivity index is 4.49. The van der Waals surface area contributed by atoms with Crippen LogP contribution in [0.5, 0.6) is 0 Å². The van der Waals surface area contributed by atoms with Crippen LogP contribution < -0.4 is 27.8 Å². The van der Waals surface area contributed by atoms with Gasteiger partial charge in [0, 0.05) is 12.5 Å². The highest BCUT2D eigenvalue weighted by Crippen LogP contribution is 2.06. The molecular formula is C14H29N5O2. The molecule has 0 rings (SSSR count). The van der Waals surface area contributed by atoms with E-state index in [2.05, 4.69) is 17.2 Å². The number of ketones is 1. The Morgan fingerprint density at radius 2 is 1.86 bits per heavy atom. The van der Waals surface area contributed by atoms with Crippen LogP contribution in [0.1, 0.15) is 33.1 Å². The van der Waals surface area contributed by atoms with E-state index in [0.717, 1.165) is 0 Å². The summed E-state index contributed by atoms with van der Waals surface area (Å²) in [7, 11) is 0. The molecule has 0 aromatic rings. The lowest BCUT2D eigenvalue weighted by Gasteiger charge is -2.21. The maximum atomic E-state index is 12.1. The van der Waals surface area contributed by atoms with Gasteiger partial charge in [0.1, 0.15) is 0 Å².